The molecule has 0 heterocycles. The van der Waals surface area contributed by atoms with Crippen molar-refractivity contribution in [3.63, 3.8) is 0 Å². The van der Waals surface area contributed by atoms with Crippen molar-refractivity contribution in [2.45, 2.75) is 32.1 Å². The van der Waals surface area contributed by atoms with Gasteiger partial charge in [-0.25, -0.2) is 4.79 Å². The number of carboxylic acid groups (broad SMARTS) is 1. The van der Waals surface area contributed by atoms with Gasteiger partial charge in [0.05, 0.1) is 6.61 Å². The highest BCUT2D eigenvalue weighted by atomic mass is 16.7. The minimum absolute atomic E-state index is 0.375. The molecule has 1 saturated carbocycles. The second kappa shape index (κ2) is 4.21. The highest BCUT2D eigenvalue weighted by Crippen LogP contribution is 2.27. The molecule has 0 saturated heterocycles. The van der Waals surface area contributed by atoms with E-state index in [-0.39, 0.29) is 0 Å². The fourth-order valence-corrected chi connectivity index (χ4v) is 1.61. The SMILES string of the molecule is O=C(O)OCCC1CCCC1. The van der Waals surface area contributed by atoms with E-state index < -0.39 is 6.16 Å². The maximum absolute atomic E-state index is 9.95. The zero-order valence-corrected chi connectivity index (χ0v) is 6.58. The topological polar surface area (TPSA) is 46.5 Å². The quantitative estimate of drug-likeness (QED) is 0.641. The van der Waals surface area contributed by atoms with Gasteiger partial charge in [0, 0.05) is 0 Å². The van der Waals surface area contributed by atoms with Crippen molar-refractivity contribution in [3.05, 3.63) is 0 Å². The molecule has 0 spiro atoms. The van der Waals surface area contributed by atoms with Gasteiger partial charge >= 0.3 is 6.16 Å². The van der Waals surface area contributed by atoms with Gasteiger partial charge in [0.25, 0.3) is 0 Å². The van der Waals surface area contributed by atoms with E-state index in [0.29, 0.717) is 12.5 Å². The van der Waals surface area contributed by atoms with E-state index in [9.17, 15) is 4.79 Å². The second-order valence-corrected chi connectivity index (χ2v) is 3.05. The number of hydrogen-bond donors (Lipinski definition) is 1. The Bertz CT molecular complexity index is 127. The zero-order valence-electron chi connectivity index (χ0n) is 6.58. The summed E-state index contributed by atoms with van der Waals surface area (Å²) in [5, 5.41) is 8.17. The number of rotatable bonds is 3. The van der Waals surface area contributed by atoms with Crippen LogP contribution in [0.25, 0.3) is 0 Å². The van der Waals surface area contributed by atoms with Crippen molar-refractivity contribution >= 4 is 6.16 Å². The summed E-state index contributed by atoms with van der Waals surface area (Å²) in [6.45, 7) is 0.375. The zero-order chi connectivity index (χ0) is 8.10. The molecule has 0 amide bonds. The van der Waals surface area contributed by atoms with Crippen molar-refractivity contribution in [2.75, 3.05) is 6.61 Å². The van der Waals surface area contributed by atoms with Crippen LogP contribution in [-0.2, 0) is 4.74 Å². The minimum atomic E-state index is -1.15. The maximum Gasteiger partial charge on any atom is 0.505 e. The minimum Gasteiger partial charge on any atom is -0.450 e. The number of hydrogen-bond acceptors (Lipinski definition) is 2. The van der Waals surface area contributed by atoms with Crippen molar-refractivity contribution < 1.29 is 14.6 Å². The molecule has 64 valence electrons. The molecule has 0 aliphatic heterocycles. The summed E-state index contributed by atoms with van der Waals surface area (Å²) in [4.78, 5) is 9.95. The van der Waals surface area contributed by atoms with Gasteiger partial charge in [-0.3, -0.25) is 0 Å². The van der Waals surface area contributed by atoms with Crippen LogP contribution in [-0.4, -0.2) is 17.9 Å². The van der Waals surface area contributed by atoms with Crippen LogP contribution in [0.15, 0.2) is 0 Å². The molecule has 1 aliphatic carbocycles. The molecule has 1 rings (SSSR count). The molecule has 0 radical (unpaired) electrons. The predicted molar refractivity (Wildman–Crippen MR) is 40.6 cm³/mol. The molecule has 1 fully saturated rings. The monoisotopic (exact) mass is 158 g/mol. The first-order chi connectivity index (χ1) is 5.29. The van der Waals surface area contributed by atoms with E-state index in [1.807, 2.05) is 0 Å². The summed E-state index contributed by atoms with van der Waals surface area (Å²) >= 11 is 0. The maximum atomic E-state index is 9.95. The molecule has 0 unspecified atom stereocenters. The molecule has 0 bridgehead atoms. The van der Waals surface area contributed by atoms with Gasteiger partial charge < -0.3 is 9.84 Å². The summed E-state index contributed by atoms with van der Waals surface area (Å²) in [5.41, 5.74) is 0. The summed E-state index contributed by atoms with van der Waals surface area (Å²) in [7, 11) is 0. The van der Waals surface area contributed by atoms with Crippen LogP contribution >= 0.6 is 0 Å². The standard InChI is InChI=1S/C8H14O3/c9-8(10)11-6-5-7-3-1-2-4-7/h7H,1-6H2,(H,9,10). The van der Waals surface area contributed by atoms with Gasteiger partial charge in [0.15, 0.2) is 0 Å². The molecule has 1 aliphatic rings. The second-order valence-electron chi connectivity index (χ2n) is 3.05. The van der Waals surface area contributed by atoms with Crippen LogP contribution in [0.4, 0.5) is 4.79 Å². The molecule has 1 N–H and O–H groups in total. The third-order valence-corrected chi connectivity index (χ3v) is 2.23. The lowest BCUT2D eigenvalue weighted by Gasteiger charge is -2.06. The van der Waals surface area contributed by atoms with E-state index in [1.165, 1.54) is 25.7 Å². The van der Waals surface area contributed by atoms with E-state index in [4.69, 9.17) is 5.11 Å². The molecular formula is C8H14O3. The van der Waals surface area contributed by atoms with Gasteiger partial charge in [-0.05, 0) is 12.3 Å². The summed E-state index contributed by atoms with van der Waals surface area (Å²) in [5.74, 6) is 0.717. The molecule has 0 aromatic carbocycles. The fourth-order valence-electron chi connectivity index (χ4n) is 1.61. The van der Waals surface area contributed by atoms with Gasteiger partial charge in [-0.2, -0.15) is 0 Å². The van der Waals surface area contributed by atoms with Crippen LogP contribution in [0.2, 0.25) is 0 Å². The van der Waals surface area contributed by atoms with Crippen LogP contribution in [0.3, 0.4) is 0 Å². The van der Waals surface area contributed by atoms with E-state index in [1.54, 1.807) is 0 Å². The van der Waals surface area contributed by atoms with Crippen molar-refractivity contribution in [1.82, 2.24) is 0 Å². The van der Waals surface area contributed by atoms with E-state index >= 15 is 0 Å². The summed E-state index contributed by atoms with van der Waals surface area (Å²) in [6, 6.07) is 0. The Labute approximate surface area is 66.4 Å². The van der Waals surface area contributed by atoms with Crippen LogP contribution in [0.1, 0.15) is 32.1 Å². The van der Waals surface area contributed by atoms with Crippen LogP contribution in [0, 0.1) is 5.92 Å². The Morgan fingerprint density at radius 1 is 1.45 bits per heavy atom. The lowest BCUT2D eigenvalue weighted by Crippen LogP contribution is -2.05. The molecule has 3 nitrogen and oxygen atoms in total. The highest BCUT2D eigenvalue weighted by molar-refractivity contribution is 5.56. The highest BCUT2D eigenvalue weighted by Gasteiger charge is 2.14. The Morgan fingerprint density at radius 3 is 2.64 bits per heavy atom. The van der Waals surface area contributed by atoms with Crippen LogP contribution < -0.4 is 0 Å². The summed E-state index contributed by atoms with van der Waals surface area (Å²) < 4.78 is 4.42. The Balaban J connectivity index is 1.98. The molecular weight excluding hydrogens is 144 g/mol. The third-order valence-electron chi connectivity index (χ3n) is 2.23. The molecule has 0 atom stereocenters. The van der Waals surface area contributed by atoms with Gasteiger partial charge in [-0.1, -0.05) is 25.7 Å². The Kier molecular flexibility index (Phi) is 3.20. The van der Waals surface area contributed by atoms with Gasteiger partial charge in [0.1, 0.15) is 0 Å². The lowest BCUT2D eigenvalue weighted by atomic mass is 10.1. The normalized spacial score (nSPS) is 18.5. The first-order valence-electron chi connectivity index (χ1n) is 4.15. The average molecular weight is 158 g/mol. The van der Waals surface area contributed by atoms with Crippen LogP contribution in [0.5, 0.6) is 0 Å². The predicted octanol–water partition coefficient (Wildman–Crippen LogP) is 2.26. The number of ether oxygens (including phenoxy) is 1. The third kappa shape index (κ3) is 3.25. The first-order valence-corrected chi connectivity index (χ1v) is 4.15. The summed E-state index contributed by atoms with van der Waals surface area (Å²) in [6.07, 6.45) is 4.87. The average Bonchev–Trinajstić information content (AvgIpc) is 2.39. The van der Waals surface area contributed by atoms with Gasteiger partial charge in [-0.15, -0.1) is 0 Å². The molecule has 3 heteroatoms. The Hall–Kier alpha value is -0.730. The largest absolute Gasteiger partial charge is 0.505 e. The molecule has 0 aromatic heterocycles. The van der Waals surface area contributed by atoms with Crippen molar-refractivity contribution in [1.29, 1.82) is 0 Å². The van der Waals surface area contributed by atoms with Crippen molar-refractivity contribution in [3.8, 4) is 0 Å². The van der Waals surface area contributed by atoms with Crippen molar-refractivity contribution in [2.24, 2.45) is 5.92 Å². The first kappa shape index (κ1) is 8.37. The fraction of sp³-hybridized carbons (Fsp3) is 0.875. The molecule has 11 heavy (non-hydrogen) atoms. The Morgan fingerprint density at radius 2 is 2.09 bits per heavy atom. The van der Waals surface area contributed by atoms with E-state index in [0.717, 1.165) is 6.42 Å². The van der Waals surface area contributed by atoms with E-state index in [2.05, 4.69) is 4.74 Å². The lowest BCUT2D eigenvalue weighted by molar-refractivity contribution is 0.0865. The van der Waals surface area contributed by atoms with Gasteiger partial charge in [0.2, 0.25) is 0 Å². The smallest absolute Gasteiger partial charge is 0.450 e. The number of carbonyl (C=O) groups is 1. The molecule has 0 aromatic rings.